The summed E-state index contributed by atoms with van der Waals surface area (Å²) in [5, 5.41) is 0.567. The van der Waals surface area contributed by atoms with Crippen LogP contribution in [-0.4, -0.2) is 36.9 Å². The molecule has 0 aromatic heterocycles. The Kier molecular flexibility index (Phi) is 5.95. The molecule has 0 heterocycles. The van der Waals surface area contributed by atoms with Crippen LogP contribution in [0.2, 0.25) is 5.02 Å². The fraction of sp³-hybridized carbons (Fsp3) is 0.500. The van der Waals surface area contributed by atoms with E-state index in [-0.39, 0.29) is 5.91 Å². The van der Waals surface area contributed by atoms with Gasteiger partial charge in [0, 0.05) is 12.9 Å². The van der Waals surface area contributed by atoms with Gasteiger partial charge in [-0.2, -0.15) is 0 Å². The highest BCUT2D eigenvalue weighted by atomic mass is 35.5. The van der Waals surface area contributed by atoms with E-state index in [9.17, 15) is 4.79 Å². The van der Waals surface area contributed by atoms with Crippen molar-refractivity contribution in [1.82, 2.24) is 4.90 Å². The summed E-state index contributed by atoms with van der Waals surface area (Å²) in [7, 11) is 1.74. The number of nitrogens with zero attached hydrogens (tertiary/aromatic N) is 1. The molecule has 0 unspecified atom stereocenters. The lowest BCUT2D eigenvalue weighted by Gasteiger charge is -2.27. The van der Waals surface area contributed by atoms with Gasteiger partial charge in [0.25, 0.3) is 0 Å². The topological polar surface area (TPSA) is 29.5 Å². The SMILES string of the molecule is CN(CCOc1ccccc1Cl)C(=O)C(C)(C)CCl. The lowest BCUT2D eigenvalue weighted by Crippen LogP contribution is -2.41. The molecule has 0 radical (unpaired) electrons. The number of halogens is 2. The number of rotatable bonds is 6. The van der Waals surface area contributed by atoms with Gasteiger partial charge in [0.2, 0.25) is 5.91 Å². The van der Waals surface area contributed by atoms with E-state index in [0.29, 0.717) is 29.8 Å². The molecule has 0 saturated carbocycles. The maximum Gasteiger partial charge on any atom is 0.229 e. The molecule has 0 N–H and O–H groups in total. The number of carbonyl (C=O) groups excluding carboxylic acids is 1. The van der Waals surface area contributed by atoms with Crippen molar-refractivity contribution in [3.63, 3.8) is 0 Å². The second-order valence-electron chi connectivity index (χ2n) is 5.02. The maximum atomic E-state index is 12.1. The van der Waals surface area contributed by atoms with E-state index in [0.717, 1.165) is 0 Å². The number of likely N-dealkylation sites (N-methyl/N-ethyl adjacent to an activating group) is 1. The van der Waals surface area contributed by atoms with Gasteiger partial charge in [-0.15, -0.1) is 11.6 Å². The summed E-state index contributed by atoms with van der Waals surface area (Å²) >= 11 is 11.8. The molecule has 0 atom stereocenters. The van der Waals surface area contributed by atoms with Crippen molar-refractivity contribution in [2.75, 3.05) is 26.1 Å². The third kappa shape index (κ3) is 4.59. The zero-order valence-electron chi connectivity index (χ0n) is 11.5. The summed E-state index contributed by atoms with van der Waals surface area (Å²) in [5.41, 5.74) is -0.555. The van der Waals surface area contributed by atoms with Crippen molar-refractivity contribution in [3.8, 4) is 5.75 Å². The Hall–Kier alpha value is -0.930. The van der Waals surface area contributed by atoms with Gasteiger partial charge >= 0.3 is 0 Å². The van der Waals surface area contributed by atoms with Gasteiger partial charge in [-0.05, 0) is 26.0 Å². The fourth-order valence-corrected chi connectivity index (χ4v) is 1.83. The summed E-state index contributed by atoms with van der Waals surface area (Å²) in [6.07, 6.45) is 0. The number of hydrogen-bond acceptors (Lipinski definition) is 2. The van der Waals surface area contributed by atoms with Gasteiger partial charge in [-0.3, -0.25) is 4.79 Å². The third-order valence-electron chi connectivity index (χ3n) is 2.78. The zero-order chi connectivity index (χ0) is 14.5. The molecule has 0 fully saturated rings. The van der Waals surface area contributed by atoms with E-state index in [4.69, 9.17) is 27.9 Å². The minimum Gasteiger partial charge on any atom is -0.490 e. The number of benzene rings is 1. The van der Waals surface area contributed by atoms with Crippen LogP contribution in [0.4, 0.5) is 0 Å². The Balaban J connectivity index is 2.46. The molecule has 19 heavy (non-hydrogen) atoms. The molecule has 5 heteroatoms. The monoisotopic (exact) mass is 303 g/mol. The number of hydrogen-bond donors (Lipinski definition) is 0. The van der Waals surface area contributed by atoms with Crippen LogP contribution in [0.1, 0.15) is 13.8 Å². The van der Waals surface area contributed by atoms with Crippen molar-refractivity contribution in [2.45, 2.75) is 13.8 Å². The van der Waals surface area contributed by atoms with Crippen LogP contribution in [0, 0.1) is 5.41 Å². The molecule has 0 saturated heterocycles. The van der Waals surface area contributed by atoms with Crippen molar-refractivity contribution in [1.29, 1.82) is 0 Å². The van der Waals surface area contributed by atoms with E-state index in [1.165, 1.54) is 0 Å². The predicted molar refractivity (Wildman–Crippen MR) is 79.1 cm³/mol. The molecule has 1 aromatic rings. The molecule has 1 rings (SSSR count). The van der Waals surface area contributed by atoms with Crippen molar-refractivity contribution < 1.29 is 9.53 Å². The van der Waals surface area contributed by atoms with E-state index >= 15 is 0 Å². The maximum absolute atomic E-state index is 12.1. The largest absolute Gasteiger partial charge is 0.490 e. The standard InChI is InChI=1S/C14H19Cl2NO2/c1-14(2,10-15)13(18)17(3)8-9-19-12-7-5-4-6-11(12)16/h4-7H,8-10H2,1-3H3. The summed E-state index contributed by atoms with van der Waals surface area (Å²) < 4.78 is 5.55. The van der Waals surface area contributed by atoms with Crippen LogP contribution in [0.3, 0.4) is 0 Å². The lowest BCUT2D eigenvalue weighted by molar-refractivity contribution is -0.138. The van der Waals surface area contributed by atoms with Gasteiger partial charge in [0.05, 0.1) is 17.0 Å². The van der Waals surface area contributed by atoms with Crippen LogP contribution in [0.15, 0.2) is 24.3 Å². The van der Waals surface area contributed by atoms with Gasteiger partial charge in [-0.1, -0.05) is 23.7 Å². The van der Waals surface area contributed by atoms with Gasteiger partial charge in [-0.25, -0.2) is 0 Å². The van der Waals surface area contributed by atoms with Crippen LogP contribution >= 0.6 is 23.2 Å². The highest BCUT2D eigenvalue weighted by Crippen LogP contribution is 2.23. The van der Waals surface area contributed by atoms with E-state index in [1.54, 1.807) is 24.1 Å². The molecule has 0 aliphatic carbocycles. The molecule has 3 nitrogen and oxygen atoms in total. The lowest BCUT2D eigenvalue weighted by atomic mass is 9.94. The first-order valence-electron chi connectivity index (χ1n) is 6.07. The number of para-hydroxylation sites is 1. The average Bonchev–Trinajstić information content (AvgIpc) is 2.39. The highest BCUT2D eigenvalue weighted by molar-refractivity contribution is 6.32. The van der Waals surface area contributed by atoms with E-state index < -0.39 is 5.41 Å². The van der Waals surface area contributed by atoms with Crippen molar-refractivity contribution in [3.05, 3.63) is 29.3 Å². The second kappa shape index (κ2) is 7.01. The van der Waals surface area contributed by atoms with Crippen LogP contribution in [0.25, 0.3) is 0 Å². The molecule has 0 aliphatic rings. The zero-order valence-corrected chi connectivity index (χ0v) is 13.0. The van der Waals surface area contributed by atoms with E-state index in [1.807, 2.05) is 26.0 Å². The minimum atomic E-state index is -0.555. The molecule has 0 bridgehead atoms. The first kappa shape index (κ1) is 16.1. The first-order chi connectivity index (χ1) is 8.88. The number of ether oxygens (including phenoxy) is 1. The number of alkyl halides is 1. The molecule has 0 aliphatic heterocycles. The quantitative estimate of drug-likeness (QED) is 0.753. The normalized spacial score (nSPS) is 11.2. The number of carbonyl (C=O) groups is 1. The average molecular weight is 304 g/mol. The summed E-state index contributed by atoms with van der Waals surface area (Å²) in [6.45, 7) is 4.54. The summed E-state index contributed by atoms with van der Waals surface area (Å²) in [5.74, 6) is 0.925. The van der Waals surface area contributed by atoms with Gasteiger partial charge in [0.1, 0.15) is 12.4 Å². The molecule has 0 spiro atoms. The van der Waals surface area contributed by atoms with Gasteiger partial charge in [0.15, 0.2) is 0 Å². The minimum absolute atomic E-state index is 0.00487. The molecular weight excluding hydrogens is 285 g/mol. The number of amides is 1. The van der Waals surface area contributed by atoms with Crippen LogP contribution < -0.4 is 4.74 Å². The summed E-state index contributed by atoms with van der Waals surface area (Å²) in [4.78, 5) is 13.7. The van der Waals surface area contributed by atoms with Crippen LogP contribution in [0.5, 0.6) is 5.75 Å². The summed E-state index contributed by atoms with van der Waals surface area (Å²) in [6, 6.07) is 7.26. The fourth-order valence-electron chi connectivity index (χ4n) is 1.53. The Morgan fingerprint density at radius 1 is 1.37 bits per heavy atom. The van der Waals surface area contributed by atoms with Crippen molar-refractivity contribution >= 4 is 29.1 Å². The molecule has 1 amide bonds. The first-order valence-corrected chi connectivity index (χ1v) is 6.98. The smallest absolute Gasteiger partial charge is 0.229 e. The van der Waals surface area contributed by atoms with Crippen LogP contribution in [-0.2, 0) is 4.79 Å². The Bertz CT molecular complexity index is 435. The van der Waals surface area contributed by atoms with E-state index in [2.05, 4.69) is 0 Å². The predicted octanol–water partition coefficient (Wildman–Crippen LogP) is 3.44. The Morgan fingerprint density at radius 3 is 2.58 bits per heavy atom. The highest BCUT2D eigenvalue weighted by Gasteiger charge is 2.29. The second-order valence-corrected chi connectivity index (χ2v) is 5.70. The Morgan fingerprint density at radius 2 is 2.00 bits per heavy atom. The molecule has 106 valence electrons. The molecular formula is C14H19Cl2NO2. The Labute approximate surface area is 124 Å². The molecule has 1 aromatic carbocycles. The third-order valence-corrected chi connectivity index (χ3v) is 3.76. The van der Waals surface area contributed by atoms with Crippen molar-refractivity contribution in [2.24, 2.45) is 5.41 Å². The van der Waals surface area contributed by atoms with Gasteiger partial charge < -0.3 is 9.64 Å².